The number of hydrogen-bond acceptors (Lipinski definition) is 6. The van der Waals surface area contributed by atoms with Gasteiger partial charge in [0, 0.05) is 10.4 Å². The minimum atomic E-state index is -0.359. The maximum atomic E-state index is 12.6. The summed E-state index contributed by atoms with van der Waals surface area (Å²) in [5, 5.41) is 6.66. The Kier molecular flexibility index (Phi) is 5.28. The molecule has 0 spiro atoms. The van der Waals surface area contributed by atoms with Crippen LogP contribution in [0.1, 0.15) is 30.7 Å². The van der Waals surface area contributed by atoms with Crippen LogP contribution in [0.4, 0.5) is 10.1 Å². The molecule has 3 heterocycles. The molecule has 1 aromatic carbocycles. The quantitative estimate of drug-likeness (QED) is 0.438. The number of anilines is 2. The van der Waals surface area contributed by atoms with Gasteiger partial charge in [-0.2, -0.15) is 0 Å². The summed E-state index contributed by atoms with van der Waals surface area (Å²) in [6.07, 6.45) is 1.43. The van der Waals surface area contributed by atoms with Crippen molar-refractivity contribution in [2.45, 2.75) is 13.8 Å². The first-order valence-electron chi connectivity index (χ1n) is 8.80. The molecule has 4 rings (SSSR count). The van der Waals surface area contributed by atoms with Gasteiger partial charge in [-0.15, -0.1) is 22.7 Å². The van der Waals surface area contributed by atoms with Gasteiger partial charge in [-0.05, 0) is 38.1 Å². The number of aromatic nitrogens is 1. The van der Waals surface area contributed by atoms with Gasteiger partial charge in [0.2, 0.25) is 0 Å². The van der Waals surface area contributed by atoms with E-state index in [0.717, 1.165) is 16.1 Å². The molecule has 6 nitrogen and oxygen atoms in total. The zero-order chi connectivity index (χ0) is 20.4. The number of carbonyl (C=O) groups excluding carboxylic acids is 2. The maximum Gasteiger partial charge on any atom is 0.291 e. The van der Waals surface area contributed by atoms with Crippen LogP contribution >= 0.6 is 22.7 Å². The first-order chi connectivity index (χ1) is 14.0. The summed E-state index contributed by atoms with van der Waals surface area (Å²) in [5.74, 6) is -0.411. The van der Waals surface area contributed by atoms with E-state index >= 15 is 0 Å². The minimum Gasteiger partial charge on any atom is -0.459 e. The summed E-state index contributed by atoms with van der Waals surface area (Å²) < 4.78 is 5.06. The number of rotatable bonds is 5. The number of furan rings is 1. The van der Waals surface area contributed by atoms with E-state index in [1.807, 2.05) is 38.1 Å². The molecule has 2 N–H and O–H groups in total. The summed E-state index contributed by atoms with van der Waals surface area (Å²) in [6, 6.07) is 14.7. The van der Waals surface area contributed by atoms with Gasteiger partial charge in [0.15, 0.2) is 10.9 Å². The number of thiophene rings is 1. The average molecular weight is 424 g/mol. The fourth-order valence-electron chi connectivity index (χ4n) is 2.70. The van der Waals surface area contributed by atoms with Crippen molar-refractivity contribution in [2.24, 2.45) is 0 Å². The molecule has 0 unspecified atom stereocenters. The standard InChI is InChI=1S/C21H17N3O3S2/c1-12-5-7-14(8-6-12)18-13(2)28-21(23-18)24-20(26)16-9-10-17(29-16)22-19(25)15-4-3-11-27-15/h3-11H,1-2H3,(H,22,25)(H,23,24,26). The zero-order valence-electron chi connectivity index (χ0n) is 15.7. The highest BCUT2D eigenvalue weighted by molar-refractivity contribution is 7.18. The molecule has 8 heteroatoms. The summed E-state index contributed by atoms with van der Waals surface area (Å²) in [6.45, 7) is 4.02. The second-order valence-electron chi connectivity index (χ2n) is 6.34. The van der Waals surface area contributed by atoms with Gasteiger partial charge in [0.05, 0.1) is 21.8 Å². The van der Waals surface area contributed by atoms with Gasteiger partial charge in [-0.25, -0.2) is 4.98 Å². The van der Waals surface area contributed by atoms with E-state index in [9.17, 15) is 9.59 Å². The van der Waals surface area contributed by atoms with E-state index in [-0.39, 0.29) is 17.6 Å². The number of aryl methyl sites for hydroxylation is 2. The Morgan fingerprint density at radius 2 is 1.72 bits per heavy atom. The third kappa shape index (κ3) is 4.28. The number of nitrogens with zero attached hydrogens (tertiary/aromatic N) is 1. The molecule has 0 saturated carbocycles. The fourth-order valence-corrected chi connectivity index (χ4v) is 4.32. The predicted octanol–water partition coefficient (Wildman–Crippen LogP) is 5.59. The van der Waals surface area contributed by atoms with Crippen molar-refractivity contribution >= 4 is 44.6 Å². The van der Waals surface area contributed by atoms with Crippen molar-refractivity contribution in [2.75, 3.05) is 10.6 Å². The molecule has 0 aliphatic heterocycles. The number of hydrogen-bond donors (Lipinski definition) is 2. The van der Waals surface area contributed by atoms with Crippen molar-refractivity contribution in [1.29, 1.82) is 0 Å². The van der Waals surface area contributed by atoms with E-state index in [2.05, 4.69) is 15.6 Å². The number of nitrogens with one attached hydrogen (secondary N) is 2. The molecule has 0 bridgehead atoms. The van der Waals surface area contributed by atoms with Crippen LogP contribution in [0, 0.1) is 13.8 Å². The molecule has 4 aromatic rings. The van der Waals surface area contributed by atoms with Crippen LogP contribution in [0.25, 0.3) is 11.3 Å². The van der Waals surface area contributed by atoms with Crippen molar-refractivity contribution in [3.8, 4) is 11.3 Å². The van der Waals surface area contributed by atoms with Crippen LogP contribution < -0.4 is 10.6 Å². The highest BCUT2D eigenvalue weighted by Gasteiger charge is 2.16. The van der Waals surface area contributed by atoms with Crippen LogP contribution in [-0.2, 0) is 0 Å². The lowest BCUT2D eigenvalue weighted by atomic mass is 10.1. The Bertz CT molecular complexity index is 1160. The molecule has 2 amide bonds. The molecular formula is C21H17N3O3S2. The Labute approximate surface area is 175 Å². The lowest BCUT2D eigenvalue weighted by Crippen LogP contribution is -2.10. The molecule has 0 fully saturated rings. The Hall–Kier alpha value is -3.23. The SMILES string of the molecule is Cc1ccc(-c2nc(NC(=O)c3ccc(NC(=O)c4ccco4)s3)sc2C)cc1. The minimum absolute atomic E-state index is 0.214. The summed E-state index contributed by atoms with van der Waals surface area (Å²) >= 11 is 2.62. The van der Waals surface area contributed by atoms with E-state index < -0.39 is 0 Å². The van der Waals surface area contributed by atoms with Crippen molar-refractivity contribution in [1.82, 2.24) is 4.98 Å². The smallest absolute Gasteiger partial charge is 0.291 e. The number of amides is 2. The molecule has 0 aliphatic rings. The second-order valence-corrected chi connectivity index (χ2v) is 8.63. The molecule has 0 radical (unpaired) electrons. The largest absolute Gasteiger partial charge is 0.459 e. The van der Waals surface area contributed by atoms with Crippen LogP contribution in [0.2, 0.25) is 0 Å². The van der Waals surface area contributed by atoms with Gasteiger partial charge in [0.1, 0.15) is 0 Å². The topological polar surface area (TPSA) is 84.2 Å². The lowest BCUT2D eigenvalue weighted by molar-refractivity contribution is 0.0995. The van der Waals surface area contributed by atoms with Gasteiger partial charge < -0.3 is 9.73 Å². The first-order valence-corrected chi connectivity index (χ1v) is 10.4. The van der Waals surface area contributed by atoms with E-state index in [1.165, 1.54) is 34.5 Å². The monoisotopic (exact) mass is 423 g/mol. The number of carbonyl (C=O) groups is 2. The molecule has 0 atom stereocenters. The van der Waals surface area contributed by atoms with E-state index in [1.54, 1.807) is 24.3 Å². The molecule has 146 valence electrons. The number of benzene rings is 1. The number of thiazole rings is 1. The van der Waals surface area contributed by atoms with Crippen LogP contribution in [0.3, 0.4) is 0 Å². The van der Waals surface area contributed by atoms with Crippen LogP contribution in [0.15, 0.2) is 59.2 Å². The molecule has 29 heavy (non-hydrogen) atoms. The van der Waals surface area contributed by atoms with Gasteiger partial charge in [-0.3, -0.25) is 14.9 Å². The first kappa shape index (κ1) is 19.1. The third-order valence-corrected chi connectivity index (χ3v) is 6.04. The zero-order valence-corrected chi connectivity index (χ0v) is 17.3. The van der Waals surface area contributed by atoms with Gasteiger partial charge in [-0.1, -0.05) is 29.8 Å². The van der Waals surface area contributed by atoms with Crippen LogP contribution in [0.5, 0.6) is 0 Å². The molecule has 0 aliphatic carbocycles. The summed E-state index contributed by atoms with van der Waals surface area (Å²) in [4.78, 5) is 30.7. The molecular weight excluding hydrogens is 406 g/mol. The Balaban J connectivity index is 1.45. The third-order valence-electron chi connectivity index (χ3n) is 4.15. The fraction of sp³-hybridized carbons (Fsp3) is 0.0952. The van der Waals surface area contributed by atoms with E-state index in [4.69, 9.17) is 4.42 Å². The molecule has 3 aromatic heterocycles. The second kappa shape index (κ2) is 8.02. The Morgan fingerprint density at radius 1 is 0.931 bits per heavy atom. The van der Waals surface area contributed by atoms with E-state index in [0.29, 0.717) is 15.0 Å². The highest BCUT2D eigenvalue weighted by Crippen LogP contribution is 2.31. The van der Waals surface area contributed by atoms with Gasteiger partial charge in [0.25, 0.3) is 11.8 Å². The maximum absolute atomic E-state index is 12.6. The van der Waals surface area contributed by atoms with Crippen LogP contribution in [-0.4, -0.2) is 16.8 Å². The summed E-state index contributed by atoms with van der Waals surface area (Å²) in [7, 11) is 0. The van der Waals surface area contributed by atoms with Crippen molar-refractivity contribution in [3.63, 3.8) is 0 Å². The summed E-state index contributed by atoms with van der Waals surface area (Å²) in [5.41, 5.74) is 3.06. The van der Waals surface area contributed by atoms with Crippen molar-refractivity contribution in [3.05, 3.63) is 75.9 Å². The normalized spacial score (nSPS) is 10.7. The lowest BCUT2D eigenvalue weighted by Gasteiger charge is -2.00. The predicted molar refractivity (Wildman–Crippen MR) is 116 cm³/mol. The van der Waals surface area contributed by atoms with Gasteiger partial charge >= 0.3 is 0 Å². The highest BCUT2D eigenvalue weighted by atomic mass is 32.1. The Morgan fingerprint density at radius 3 is 2.45 bits per heavy atom. The van der Waals surface area contributed by atoms with Crippen molar-refractivity contribution < 1.29 is 14.0 Å². The average Bonchev–Trinajstić information content (AvgIpc) is 3.44. The molecule has 0 saturated heterocycles.